The number of ether oxygens (including phenoxy) is 1. The number of nitrogens with one attached hydrogen (secondary N) is 3. The molecule has 0 aliphatic carbocycles. The van der Waals surface area contributed by atoms with E-state index in [9.17, 15) is 8.42 Å². The van der Waals surface area contributed by atoms with Crippen LogP contribution in [-0.4, -0.2) is 51.2 Å². The molecule has 4 rings (SSSR count). The van der Waals surface area contributed by atoms with Crippen LogP contribution in [0.2, 0.25) is 0 Å². The molecular formula is C26H34Cl2N6O3S. The fourth-order valence-electron chi connectivity index (χ4n) is 4.35. The highest BCUT2D eigenvalue weighted by Gasteiger charge is 2.23. The zero-order chi connectivity index (χ0) is 25.9. The summed E-state index contributed by atoms with van der Waals surface area (Å²) in [5.41, 5.74) is 7.57. The zero-order valence-corrected chi connectivity index (χ0v) is 23.8. The standard InChI is InChI=1S/C26H32N6O3S.2ClH/c1-18(27)31-13-11-25(12-14-31)35-24-9-7-23(8-10-24)32(36(33,34)30-2)17-19-3-4-20-5-6-21(26(28)29)16-22(20)15-19;;/h3-10,15-16,25,27,30H,11-14,17H2,1-2H3,(H3,28,29);2*1H. The Bertz CT molecular complexity index is 1380. The Morgan fingerprint density at radius 3 is 2.24 bits per heavy atom. The fraction of sp³-hybridized carbons (Fsp3) is 0.308. The van der Waals surface area contributed by atoms with E-state index >= 15 is 0 Å². The van der Waals surface area contributed by atoms with Crippen molar-refractivity contribution < 1.29 is 13.2 Å². The van der Waals surface area contributed by atoms with Crippen molar-refractivity contribution in [2.75, 3.05) is 24.4 Å². The number of likely N-dealkylation sites (tertiary alicyclic amines) is 1. The third kappa shape index (κ3) is 7.28. The molecule has 12 heteroatoms. The van der Waals surface area contributed by atoms with Gasteiger partial charge in [-0.2, -0.15) is 8.42 Å². The van der Waals surface area contributed by atoms with Crippen LogP contribution in [0.3, 0.4) is 0 Å². The van der Waals surface area contributed by atoms with E-state index in [-0.39, 0.29) is 43.3 Å². The van der Waals surface area contributed by atoms with Crippen LogP contribution < -0.4 is 19.5 Å². The molecule has 0 atom stereocenters. The summed E-state index contributed by atoms with van der Waals surface area (Å²) < 4.78 is 35.7. The molecule has 0 saturated carbocycles. The SMILES string of the molecule is CNS(=O)(=O)N(Cc1ccc2ccc(C(=N)N)cc2c1)c1ccc(OC2CCN(C(C)=N)CC2)cc1.Cl.Cl. The highest BCUT2D eigenvalue weighted by atomic mass is 35.5. The molecule has 1 fully saturated rings. The number of halogens is 2. The monoisotopic (exact) mass is 580 g/mol. The number of hydrogen-bond acceptors (Lipinski definition) is 5. The predicted octanol–water partition coefficient (Wildman–Crippen LogP) is 4.28. The summed E-state index contributed by atoms with van der Waals surface area (Å²) >= 11 is 0. The van der Waals surface area contributed by atoms with Crippen LogP contribution in [0.5, 0.6) is 5.75 Å². The van der Waals surface area contributed by atoms with Crippen molar-refractivity contribution in [3.8, 4) is 5.75 Å². The Labute approximate surface area is 236 Å². The topological polar surface area (TPSA) is 136 Å². The summed E-state index contributed by atoms with van der Waals surface area (Å²) in [4.78, 5) is 2.04. The van der Waals surface area contributed by atoms with Gasteiger partial charge in [-0.1, -0.05) is 24.3 Å². The molecule has 3 aromatic carbocycles. The van der Waals surface area contributed by atoms with Crippen LogP contribution in [0.1, 0.15) is 30.9 Å². The van der Waals surface area contributed by atoms with Crippen molar-refractivity contribution in [2.24, 2.45) is 5.73 Å². The third-order valence-electron chi connectivity index (χ3n) is 6.43. The minimum absolute atomic E-state index is 0. The molecule has 0 aromatic heterocycles. The number of fused-ring (bicyclic) bond motifs is 1. The van der Waals surface area contributed by atoms with Crippen molar-refractivity contribution in [1.29, 1.82) is 10.8 Å². The molecule has 0 radical (unpaired) electrons. The minimum Gasteiger partial charge on any atom is -0.490 e. The summed E-state index contributed by atoms with van der Waals surface area (Å²) in [6, 6.07) is 18.3. The molecule has 1 aliphatic rings. The van der Waals surface area contributed by atoms with Crippen molar-refractivity contribution >= 4 is 63.2 Å². The Balaban J connectivity index is 0.00000253. The van der Waals surface area contributed by atoms with Crippen LogP contribution in [-0.2, 0) is 16.8 Å². The molecule has 38 heavy (non-hydrogen) atoms. The van der Waals surface area contributed by atoms with E-state index in [0.29, 0.717) is 22.8 Å². The third-order valence-corrected chi connectivity index (χ3v) is 7.87. The molecule has 9 nitrogen and oxygen atoms in total. The maximum absolute atomic E-state index is 12.9. The highest BCUT2D eigenvalue weighted by Crippen LogP contribution is 2.27. The lowest BCUT2D eigenvalue weighted by atomic mass is 10.0. The fourth-order valence-corrected chi connectivity index (χ4v) is 5.28. The van der Waals surface area contributed by atoms with E-state index in [2.05, 4.69) is 4.72 Å². The average Bonchev–Trinajstić information content (AvgIpc) is 2.87. The molecule has 3 aromatic rings. The number of benzene rings is 3. The number of amidine groups is 2. The number of nitrogens with two attached hydrogens (primary N) is 1. The number of piperidine rings is 1. The first-order valence-corrected chi connectivity index (χ1v) is 13.3. The first kappa shape index (κ1) is 31.2. The van der Waals surface area contributed by atoms with Gasteiger partial charge < -0.3 is 15.4 Å². The quantitative estimate of drug-likeness (QED) is 0.233. The van der Waals surface area contributed by atoms with Gasteiger partial charge >= 0.3 is 10.2 Å². The second-order valence-electron chi connectivity index (χ2n) is 8.91. The maximum atomic E-state index is 12.9. The molecule has 206 valence electrons. The average molecular weight is 582 g/mol. The molecule has 0 spiro atoms. The Morgan fingerprint density at radius 2 is 1.66 bits per heavy atom. The van der Waals surface area contributed by atoms with Gasteiger partial charge in [0.1, 0.15) is 17.7 Å². The second-order valence-corrected chi connectivity index (χ2v) is 10.7. The van der Waals surface area contributed by atoms with E-state index < -0.39 is 10.2 Å². The summed E-state index contributed by atoms with van der Waals surface area (Å²) in [6.07, 6.45) is 1.75. The lowest BCUT2D eigenvalue weighted by molar-refractivity contribution is 0.130. The smallest absolute Gasteiger partial charge is 0.301 e. The summed E-state index contributed by atoms with van der Waals surface area (Å²) in [6.45, 7) is 3.52. The van der Waals surface area contributed by atoms with Crippen LogP contribution in [0.25, 0.3) is 10.8 Å². The van der Waals surface area contributed by atoms with E-state index in [1.54, 1.807) is 37.3 Å². The summed E-state index contributed by atoms with van der Waals surface area (Å²) in [5.74, 6) is 1.25. The Hall–Kier alpha value is -3.05. The van der Waals surface area contributed by atoms with Crippen LogP contribution >= 0.6 is 24.8 Å². The zero-order valence-electron chi connectivity index (χ0n) is 21.3. The largest absolute Gasteiger partial charge is 0.490 e. The van der Waals surface area contributed by atoms with Crippen LogP contribution in [0, 0.1) is 10.8 Å². The van der Waals surface area contributed by atoms with E-state index in [1.165, 1.54) is 11.4 Å². The van der Waals surface area contributed by atoms with Gasteiger partial charge in [0.25, 0.3) is 0 Å². The van der Waals surface area contributed by atoms with Crippen molar-refractivity contribution in [1.82, 2.24) is 9.62 Å². The van der Waals surface area contributed by atoms with Crippen molar-refractivity contribution in [3.05, 3.63) is 71.8 Å². The summed E-state index contributed by atoms with van der Waals surface area (Å²) in [7, 11) is -2.39. The second kappa shape index (κ2) is 13.1. The lowest BCUT2D eigenvalue weighted by Gasteiger charge is -2.33. The van der Waals surface area contributed by atoms with E-state index in [4.69, 9.17) is 21.3 Å². The first-order chi connectivity index (χ1) is 17.2. The van der Waals surface area contributed by atoms with Gasteiger partial charge in [-0.15, -0.1) is 24.8 Å². The first-order valence-electron chi connectivity index (χ1n) is 11.8. The number of nitrogens with zero attached hydrogens (tertiary/aromatic N) is 2. The molecule has 0 unspecified atom stereocenters. The number of rotatable bonds is 8. The van der Waals surface area contributed by atoms with Gasteiger partial charge in [-0.25, -0.2) is 4.72 Å². The van der Waals surface area contributed by atoms with Gasteiger partial charge in [0.05, 0.1) is 18.1 Å². The maximum Gasteiger partial charge on any atom is 0.301 e. The molecule has 5 N–H and O–H groups in total. The number of hydrogen-bond donors (Lipinski definition) is 4. The number of anilines is 1. The normalized spacial score (nSPS) is 13.8. The molecule has 1 heterocycles. The number of nitrogen functional groups attached to an aromatic ring is 1. The Kier molecular flexibility index (Phi) is 10.8. The predicted molar refractivity (Wildman–Crippen MR) is 159 cm³/mol. The van der Waals surface area contributed by atoms with Gasteiger partial charge in [-0.3, -0.25) is 15.1 Å². The molecule has 0 bridgehead atoms. The van der Waals surface area contributed by atoms with Gasteiger partial charge in [0, 0.05) is 38.5 Å². The lowest BCUT2D eigenvalue weighted by Crippen LogP contribution is -2.40. The van der Waals surface area contributed by atoms with Gasteiger partial charge in [-0.05, 0) is 59.7 Å². The van der Waals surface area contributed by atoms with Crippen LogP contribution in [0.15, 0.2) is 60.7 Å². The minimum atomic E-state index is -3.78. The Morgan fingerprint density at radius 1 is 1.03 bits per heavy atom. The highest BCUT2D eigenvalue weighted by molar-refractivity contribution is 7.90. The van der Waals surface area contributed by atoms with Crippen molar-refractivity contribution in [2.45, 2.75) is 32.4 Å². The van der Waals surface area contributed by atoms with Gasteiger partial charge in [0.2, 0.25) is 0 Å². The summed E-state index contributed by atoms with van der Waals surface area (Å²) in [5, 5.41) is 17.3. The van der Waals surface area contributed by atoms with Gasteiger partial charge in [0.15, 0.2) is 0 Å². The van der Waals surface area contributed by atoms with E-state index in [0.717, 1.165) is 42.3 Å². The molecule has 1 saturated heterocycles. The molecule has 0 amide bonds. The van der Waals surface area contributed by atoms with Crippen molar-refractivity contribution in [3.63, 3.8) is 0 Å². The van der Waals surface area contributed by atoms with E-state index in [1.807, 2.05) is 35.2 Å². The molecular weight excluding hydrogens is 547 g/mol. The molecule has 1 aliphatic heterocycles. The van der Waals surface area contributed by atoms with Crippen LogP contribution in [0.4, 0.5) is 5.69 Å².